The molecule has 0 saturated heterocycles. The molecule has 1 aromatic carbocycles. The zero-order valence-corrected chi connectivity index (χ0v) is 12.3. The van der Waals surface area contributed by atoms with Gasteiger partial charge in [-0.25, -0.2) is 4.39 Å². The molecule has 1 aromatic heterocycles. The molecular weight excluding hydrogens is 311 g/mol. The number of nitrogens with one attached hydrogen (secondary N) is 1. The number of aromatic nitrogens is 3. The van der Waals surface area contributed by atoms with E-state index in [1.165, 1.54) is 6.07 Å². The van der Waals surface area contributed by atoms with Gasteiger partial charge in [0.2, 0.25) is 0 Å². The van der Waals surface area contributed by atoms with Crippen LogP contribution in [-0.4, -0.2) is 21.5 Å². The summed E-state index contributed by atoms with van der Waals surface area (Å²) in [6.45, 7) is 3.56. The van der Waals surface area contributed by atoms with E-state index in [0.717, 1.165) is 24.0 Å². The number of benzene rings is 1. The zero-order chi connectivity index (χ0) is 13.7. The summed E-state index contributed by atoms with van der Waals surface area (Å²) in [5.41, 5.74) is 0.676. The maximum Gasteiger partial charge on any atom is 0.128 e. The average Bonchev–Trinajstić information content (AvgIpc) is 2.90. The molecule has 0 spiro atoms. The number of halogens is 2. The standard InChI is InChI=1S/C13H16BrFN4/c1-10(12-9-11(14)3-4-13(12)15)16-5-2-7-19-8-6-17-18-19/h3-4,6,8-10,16H,2,5,7H2,1H3. The van der Waals surface area contributed by atoms with Crippen LogP contribution in [0.25, 0.3) is 0 Å². The van der Waals surface area contributed by atoms with Crippen LogP contribution in [0, 0.1) is 5.82 Å². The number of nitrogens with zero attached hydrogens (tertiary/aromatic N) is 3. The zero-order valence-electron chi connectivity index (χ0n) is 10.7. The van der Waals surface area contributed by atoms with Gasteiger partial charge in [0, 0.05) is 28.8 Å². The van der Waals surface area contributed by atoms with Crippen molar-refractivity contribution in [2.75, 3.05) is 6.54 Å². The molecule has 0 radical (unpaired) electrons. The number of rotatable bonds is 6. The largest absolute Gasteiger partial charge is 0.310 e. The lowest BCUT2D eigenvalue weighted by atomic mass is 10.1. The SMILES string of the molecule is CC(NCCCn1ccnn1)c1cc(Br)ccc1F. The van der Waals surface area contributed by atoms with Gasteiger partial charge in [0.05, 0.1) is 6.20 Å². The highest BCUT2D eigenvalue weighted by Gasteiger charge is 2.10. The van der Waals surface area contributed by atoms with Crippen LogP contribution in [0.2, 0.25) is 0 Å². The van der Waals surface area contributed by atoms with Crippen molar-refractivity contribution in [3.05, 3.63) is 46.4 Å². The van der Waals surface area contributed by atoms with Gasteiger partial charge in [0.25, 0.3) is 0 Å². The van der Waals surface area contributed by atoms with Crippen LogP contribution in [0.5, 0.6) is 0 Å². The average molecular weight is 327 g/mol. The van der Waals surface area contributed by atoms with Crippen molar-refractivity contribution in [3.63, 3.8) is 0 Å². The number of hydrogen-bond donors (Lipinski definition) is 1. The molecule has 102 valence electrons. The van der Waals surface area contributed by atoms with Gasteiger partial charge >= 0.3 is 0 Å². The van der Waals surface area contributed by atoms with E-state index in [0.29, 0.717) is 5.56 Å². The topological polar surface area (TPSA) is 42.7 Å². The number of aryl methyl sites for hydroxylation is 1. The Morgan fingerprint density at radius 2 is 2.32 bits per heavy atom. The van der Waals surface area contributed by atoms with Gasteiger partial charge in [-0.2, -0.15) is 0 Å². The Morgan fingerprint density at radius 3 is 3.05 bits per heavy atom. The van der Waals surface area contributed by atoms with Gasteiger partial charge < -0.3 is 5.32 Å². The predicted octanol–water partition coefficient (Wildman–Crippen LogP) is 2.92. The molecule has 19 heavy (non-hydrogen) atoms. The minimum absolute atomic E-state index is 0.0201. The molecule has 2 rings (SSSR count). The Hall–Kier alpha value is -1.27. The Kier molecular flexibility index (Phi) is 5.04. The van der Waals surface area contributed by atoms with Crippen LogP contribution in [0.4, 0.5) is 4.39 Å². The molecule has 0 aliphatic carbocycles. The van der Waals surface area contributed by atoms with Crippen LogP contribution >= 0.6 is 15.9 Å². The van der Waals surface area contributed by atoms with Crippen molar-refractivity contribution in [3.8, 4) is 0 Å². The summed E-state index contributed by atoms with van der Waals surface area (Å²) in [6.07, 6.45) is 4.41. The third kappa shape index (κ3) is 4.11. The summed E-state index contributed by atoms with van der Waals surface area (Å²) in [4.78, 5) is 0. The summed E-state index contributed by atoms with van der Waals surface area (Å²) in [6, 6.07) is 4.97. The quantitative estimate of drug-likeness (QED) is 0.830. The Balaban J connectivity index is 1.80. The molecule has 1 heterocycles. The fraction of sp³-hybridized carbons (Fsp3) is 0.385. The normalized spacial score (nSPS) is 12.6. The second-order valence-corrected chi connectivity index (χ2v) is 5.28. The summed E-state index contributed by atoms with van der Waals surface area (Å²) in [5.74, 6) is -0.181. The highest BCUT2D eigenvalue weighted by molar-refractivity contribution is 9.10. The van der Waals surface area contributed by atoms with Crippen molar-refractivity contribution in [1.82, 2.24) is 20.3 Å². The molecular formula is C13H16BrFN4. The molecule has 2 aromatic rings. The molecule has 0 aliphatic rings. The monoisotopic (exact) mass is 326 g/mol. The predicted molar refractivity (Wildman–Crippen MR) is 75.2 cm³/mol. The van der Waals surface area contributed by atoms with Crippen LogP contribution in [0.1, 0.15) is 24.9 Å². The Bertz CT molecular complexity index is 515. The molecule has 0 saturated carbocycles. The number of hydrogen-bond acceptors (Lipinski definition) is 3. The minimum Gasteiger partial charge on any atom is -0.310 e. The van der Waals surface area contributed by atoms with E-state index < -0.39 is 0 Å². The minimum atomic E-state index is -0.181. The first-order chi connectivity index (χ1) is 9.16. The van der Waals surface area contributed by atoms with E-state index in [2.05, 4.69) is 31.6 Å². The van der Waals surface area contributed by atoms with E-state index in [-0.39, 0.29) is 11.9 Å². The van der Waals surface area contributed by atoms with Crippen molar-refractivity contribution >= 4 is 15.9 Å². The van der Waals surface area contributed by atoms with Crippen molar-refractivity contribution in [2.24, 2.45) is 0 Å². The summed E-state index contributed by atoms with van der Waals surface area (Å²) in [5, 5.41) is 10.9. The van der Waals surface area contributed by atoms with Crippen molar-refractivity contribution in [1.29, 1.82) is 0 Å². The second kappa shape index (κ2) is 6.77. The first-order valence-electron chi connectivity index (χ1n) is 6.19. The van der Waals surface area contributed by atoms with Gasteiger partial charge in [0.15, 0.2) is 0 Å². The smallest absolute Gasteiger partial charge is 0.128 e. The van der Waals surface area contributed by atoms with E-state index in [4.69, 9.17) is 0 Å². The van der Waals surface area contributed by atoms with E-state index in [1.807, 2.05) is 19.2 Å². The summed E-state index contributed by atoms with van der Waals surface area (Å²) >= 11 is 3.36. The first kappa shape index (κ1) is 14.1. The third-order valence-corrected chi connectivity index (χ3v) is 3.40. The van der Waals surface area contributed by atoms with Gasteiger partial charge in [-0.05, 0) is 38.1 Å². The van der Waals surface area contributed by atoms with Crippen molar-refractivity contribution in [2.45, 2.75) is 25.9 Å². The van der Waals surface area contributed by atoms with Crippen LogP contribution in [0.15, 0.2) is 35.1 Å². The third-order valence-electron chi connectivity index (χ3n) is 2.91. The lowest BCUT2D eigenvalue weighted by Crippen LogP contribution is -2.22. The molecule has 0 bridgehead atoms. The molecule has 1 N–H and O–H groups in total. The van der Waals surface area contributed by atoms with E-state index >= 15 is 0 Å². The molecule has 0 fully saturated rings. The van der Waals surface area contributed by atoms with Gasteiger partial charge in [-0.15, -0.1) is 5.10 Å². The first-order valence-corrected chi connectivity index (χ1v) is 6.98. The molecule has 1 unspecified atom stereocenters. The Morgan fingerprint density at radius 1 is 1.47 bits per heavy atom. The summed E-state index contributed by atoms with van der Waals surface area (Å²) < 4.78 is 16.3. The lowest BCUT2D eigenvalue weighted by molar-refractivity contribution is 0.486. The molecule has 1 atom stereocenters. The van der Waals surface area contributed by atoms with Crippen molar-refractivity contribution < 1.29 is 4.39 Å². The van der Waals surface area contributed by atoms with Crippen LogP contribution in [0.3, 0.4) is 0 Å². The molecule has 0 aliphatic heterocycles. The van der Waals surface area contributed by atoms with Gasteiger partial charge in [0.1, 0.15) is 5.82 Å². The Labute approximate surface area is 120 Å². The van der Waals surface area contributed by atoms with Crippen LogP contribution < -0.4 is 5.32 Å². The van der Waals surface area contributed by atoms with E-state index in [9.17, 15) is 4.39 Å². The highest BCUT2D eigenvalue weighted by atomic mass is 79.9. The maximum atomic E-state index is 13.7. The fourth-order valence-electron chi connectivity index (χ4n) is 1.87. The van der Waals surface area contributed by atoms with Crippen LogP contribution in [-0.2, 0) is 6.54 Å². The second-order valence-electron chi connectivity index (χ2n) is 4.36. The molecule has 4 nitrogen and oxygen atoms in total. The highest BCUT2D eigenvalue weighted by Crippen LogP contribution is 2.21. The maximum absolute atomic E-state index is 13.7. The molecule has 0 amide bonds. The van der Waals surface area contributed by atoms with Gasteiger partial charge in [-0.1, -0.05) is 21.1 Å². The van der Waals surface area contributed by atoms with E-state index in [1.54, 1.807) is 16.9 Å². The fourth-order valence-corrected chi connectivity index (χ4v) is 2.25. The molecule has 6 heteroatoms. The van der Waals surface area contributed by atoms with Gasteiger partial charge in [-0.3, -0.25) is 4.68 Å². The lowest BCUT2D eigenvalue weighted by Gasteiger charge is -2.15. The summed E-state index contributed by atoms with van der Waals surface area (Å²) in [7, 11) is 0.